The SMILES string of the molecule is O=C1Nc2ccc(Cl)cc2/C1=c1/sc2nc3ccccc3n2c1=O. The topological polar surface area (TPSA) is 63.5 Å². The van der Waals surface area contributed by atoms with Crippen LogP contribution in [0.25, 0.3) is 21.6 Å². The summed E-state index contributed by atoms with van der Waals surface area (Å²) >= 11 is 7.27. The molecule has 24 heavy (non-hydrogen) atoms. The minimum atomic E-state index is -0.293. The van der Waals surface area contributed by atoms with E-state index in [-0.39, 0.29) is 11.5 Å². The van der Waals surface area contributed by atoms with Gasteiger partial charge in [0.05, 0.1) is 16.6 Å². The Bertz CT molecular complexity index is 1290. The van der Waals surface area contributed by atoms with Crippen LogP contribution in [0.5, 0.6) is 0 Å². The number of benzene rings is 2. The maximum atomic E-state index is 12.9. The molecule has 0 saturated carbocycles. The smallest absolute Gasteiger partial charge is 0.275 e. The minimum absolute atomic E-state index is 0.235. The lowest BCUT2D eigenvalue weighted by molar-refractivity contribution is -0.110. The Morgan fingerprint density at radius 1 is 1.12 bits per heavy atom. The lowest BCUT2D eigenvalue weighted by atomic mass is 10.1. The Morgan fingerprint density at radius 3 is 2.83 bits per heavy atom. The molecule has 0 bridgehead atoms. The third-order valence-corrected chi connectivity index (χ3v) is 5.35. The van der Waals surface area contributed by atoms with Crippen LogP contribution in [0.1, 0.15) is 5.56 Å². The van der Waals surface area contributed by atoms with E-state index in [1.807, 2.05) is 24.3 Å². The fourth-order valence-electron chi connectivity index (χ4n) is 3.03. The maximum Gasteiger partial charge on any atom is 0.275 e. The molecule has 0 radical (unpaired) electrons. The van der Waals surface area contributed by atoms with Gasteiger partial charge in [-0.25, -0.2) is 9.38 Å². The minimum Gasteiger partial charge on any atom is -0.321 e. The highest BCUT2D eigenvalue weighted by Gasteiger charge is 2.27. The average molecular weight is 354 g/mol. The Kier molecular flexibility index (Phi) is 2.66. The molecule has 5 nitrogen and oxygen atoms in total. The third kappa shape index (κ3) is 1.72. The number of rotatable bonds is 0. The van der Waals surface area contributed by atoms with Crippen molar-refractivity contribution in [2.75, 3.05) is 5.32 Å². The van der Waals surface area contributed by atoms with E-state index in [2.05, 4.69) is 10.3 Å². The van der Waals surface area contributed by atoms with E-state index >= 15 is 0 Å². The predicted octanol–water partition coefficient (Wildman–Crippen LogP) is 2.43. The standard InChI is InChI=1S/C17H8ClN3O2S/c18-8-5-6-10-9(7-8)13(15(22)19-10)14-16(23)21-12-4-2-1-3-11(12)20-17(21)24-14/h1-7H,(H,19,22)/b14-13-. The highest BCUT2D eigenvalue weighted by molar-refractivity contribution is 7.15. The number of hydrogen-bond acceptors (Lipinski definition) is 4. The number of aromatic nitrogens is 2. The zero-order chi connectivity index (χ0) is 16.4. The number of carbonyl (C=O) groups is 1. The first-order chi connectivity index (χ1) is 11.6. The van der Waals surface area contributed by atoms with Gasteiger partial charge in [-0.05, 0) is 30.3 Å². The number of thiazole rings is 1. The number of para-hydroxylation sites is 2. The molecule has 116 valence electrons. The third-order valence-electron chi connectivity index (χ3n) is 4.07. The highest BCUT2D eigenvalue weighted by atomic mass is 35.5. The first-order valence-electron chi connectivity index (χ1n) is 7.19. The molecule has 0 atom stereocenters. The number of imidazole rings is 1. The Hall–Kier alpha value is -2.70. The molecule has 1 aliphatic heterocycles. The molecule has 2 aromatic heterocycles. The van der Waals surface area contributed by atoms with Crippen molar-refractivity contribution in [3.63, 3.8) is 0 Å². The number of amides is 1. The first kappa shape index (κ1) is 13.7. The molecular weight excluding hydrogens is 346 g/mol. The summed E-state index contributed by atoms with van der Waals surface area (Å²) in [5, 5.41) is 3.29. The first-order valence-corrected chi connectivity index (χ1v) is 8.38. The zero-order valence-electron chi connectivity index (χ0n) is 12.0. The molecule has 3 heterocycles. The van der Waals surface area contributed by atoms with Gasteiger partial charge in [0.15, 0.2) is 4.96 Å². The van der Waals surface area contributed by atoms with Gasteiger partial charge >= 0.3 is 0 Å². The number of carbonyl (C=O) groups excluding carboxylic acids is 1. The number of fused-ring (bicyclic) bond motifs is 4. The van der Waals surface area contributed by atoms with Crippen LogP contribution in [0.4, 0.5) is 5.69 Å². The number of halogens is 1. The van der Waals surface area contributed by atoms with Crippen LogP contribution in [-0.2, 0) is 4.79 Å². The van der Waals surface area contributed by atoms with Crippen molar-refractivity contribution < 1.29 is 4.79 Å². The summed E-state index contributed by atoms with van der Waals surface area (Å²) in [6, 6.07) is 12.6. The van der Waals surface area contributed by atoms with E-state index in [9.17, 15) is 9.59 Å². The normalized spacial score (nSPS) is 16.0. The summed E-state index contributed by atoms with van der Waals surface area (Å²) < 4.78 is 1.93. The molecule has 0 fully saturated rings. The predicted molar refractivity (Wildman–Crippen MR) is 94.7 cm³/mol. The van der Waals surface area contributed by atoms with Crippen LogP contribution in [0.15, 0.2) is 47.3 Å². The molecular formula is C17H8ClN3O2S. The molecule has 1 amide bonds. The fraction of sp³-hybridized carbons (Fsp3) is 0. The molecule has 4 aromatic rings. The number of nitrogens with zero attached hydrogens (tertiary/aromatic N) is 2. The monoisotopic (exact) mass is 353 g/mol. The van der Waals surface area contributed by atoms with Crippen molar-refractivity contribution >= 4 is 56.1 Å². The van der Waals surface area contributed by atoms with Crippen LogP contribution in [0.2, 0.25) is 5.02 Å². The molecule has 2 aromatic carbocycles. The van der Waals surface area contributed by atoms with E-state index < -0.39 is 0 Å². The maximum absolute atomic E-state index is 12.9. The lowest BCUT2D eigenvalue weighted by Gasteiger charge is -1.97. The van der Waals surface area contributed by atoms with Crippen LogP contribution in [0, 0.1) is 0 Å². The van der Waals surface area contributed by atoms with E-state index in [0.29, 0.717) is 31.3 Å². The fourth-order valence-corrected chi connectivity index (χ4v) is 4.28. The number of nitrogens with one attached hydrogen (secondary N) is 1. The molecule has 0 aliphatic carbocycles. The second kappa shape index (κ2) is 4.66. The van der Waals surface area contributed by atoms with E-state index in [1.54, 1.807) is 22.6 Å². The van der Waals surface area contributed by atoms with Gasteiger partial charge in [-0.15, -0.1) is 0 Å². The average Bonchev–Trinajstić information content (AvgIpc) is 3.17. The Labute approximate surface area is 143 Å². The molecule has 0 saturated heterocycles. The van der Waals surface area contributed by atoms with Crippen molar-refractivity contribution in [2.45, 2.75) is 0 Å². The van der Waals surface area contributed by atoms with E-state index in [1.165, 1.54) is 11.3 Å². The van der Waals surface area contributed by atoms with E-state index in [4.69, 9.17) is 11.6 Å². The number of anilines is 1. The molecule has 1 aliphatic rings. The summed E-state index contributed by atoms with van der Waals surface area (Å²) in [5.74, 6) is -0.293. The second-order valence-electron chi connectivity index (χ2n) is 5.47. The van der Waals surface area contributed by atoms with Gasteiger partial charge in [0, 0.05) is 16.3 Å². The largest absolute Gasteiger partial charge is 0.321 e. The van der Waals surface area contributed by atoms with Gasteiger partial charge in [0.2, 0.25) is 0 Å². The van der Waals surface area contributed by atoms with Crippen LogP contribution in [-0.4, -0.2) is 15.3 Å². The second-order valence-corrected chi connectivity index (χ2v) is 6.89. The molecule has 0 unspecified atom stereocenters. The van der Waals surface area contributed by atoms with Crippen molar-refractivity contribution in [3.05, 3.63) is 67.9 Å². The van der Waals surface area contributed by atoms with Crippen molar-refractivity contribution in [1.29, 1.82) is 0 Å². The van der Waals surface area contributed by atoms with Gasteiger partial charge in [0.25, 0.3) is 11.5 Å². The van der Waals surface area contributed by atoms with Crippen LogP contribution >= 0.6 is 22.9 Å². The Balaban J connectivity index is 1.95. The summed E-state index contributed by atoms with van der Waals surface area (Å²) in [5.41, 5.74) is 2.94. The van der Waals surface area contributed by atoms with Crippen LogP contribution in [0.3, 0.4) is 0 Å². The zero-order valence-corrected chi connectivity index (χ0v) is 13.6. The summed E-state index contributed by atoms with van der Waals surface area (Å²) in [6.07, 6.45) is 0. The molecule has 5 rings (SSSR count). The van der Waals surface area contributed by atoms with Gasteiger partial charge in [-0.1, -0.05) is 35.1 Å². The summed E-state index contributed by atoms with van der Waals surface area (Å²) in [4.78, 5) is 30.4. The Morgan fingerprint density at radius 2 is 1.96 bits per heavy atom. The van der Waals surface area contributed by atoms with Gasteiger partial charge in [-0.3, -0.25) is 9.59 Å². The number of hydrogen-bond donors (Lipinski definition) is 1. The van der Waals surface area contributed by atoms with Gasteiger partial charge in [-0.2, -0.15) is 0 Å². The van der Waals surface area contributed by atoms with Crippen molar-refractivity contribution in [2.24, 2.45) is 0 Å². The molecule has 1 N–H and O–H groups in total. The highest BCUT2D eigenvalue weighted by Crippen LogP contribution is 2.32. The summed E-state index contributed by atoms with van der Waals surface area (Å²) in [7, 11) is 0. The van der Waals surface area contributed by atoms with Gasteiger partial charge < -0.3 is 5.32 Å². The molecule has 7 heteroatoms. The lowest BCUT2D eigenvalue weighted by Crippen LogP contribution is -2.27. The van der Waals surface area contributed by atoms with Crippen LogP contribution < -0.4 is 15.4 Å². The quantitative estimate of drug-likeness (QED) is 0.528. The van der Waals surface area contributed by atoms with Gasteiger partial charge in [0.1, 0.15) is 4.53 Å². The summed E-state index contributed by atoms with van der Waals surface area (Å²) in [6.45, 7) is 0. The molecule has 0 spiro atoms. The van der Waals surface area contributed by atoms with Crippen molar-refractivity contribution in [1.82, 2.24) is 9.38 Å². The van der Waals surface area contributed by atoms with Crippen molar-refractivity contribution in [3.8, 4) is 0 Å². The van der Waals surface area contributed by atoms with E-state index in [0.717, 1.165) is 11.0 Å².